The molecule has 0 aliphatic carbocycles. The maximum atomic E-state index is 13.7. The third kappa shape index (κ3) is 3.61. The third-order valence-electron chi connectivity index (χ3n) is 5.16. The number of rotatable bonds is 5. The van der Waals surface area contributed by atoms with Crippen LogP contribution in [0.1, 0.15) is 5.56 Å². The molecule has 5 rings (SSSR count). The van der Waals surface area contributed by atoms with E-state index in [0.29, 0.717) is 49.0 Å². The highest BCUT2D eigenvalue weighted by Crippen LogP contribution is 2.30. The molecule has 0 bridgehead atoms. The maximum Gasteiger partial charge on any atom is 0.317 e. The van der Waals surface area contributed by atoms with Crippen LogP contribution < -0.4 is 15.0 Å². The topological polar surface area (TPSA) is 104 Å². The number of aromatic nitrogens is 3. The lowest BCUT2D eigenvalue weighted by atomic mass is 10.1. The Kier molecular flexibility index (Phi) is 4.83. The second kappa shape index (κ2) is 7.65. The van der Waals surface area contributed by atoms with Crippen LogP contribution in [0.5, 0.6) is 5.75 Å². The molecule has 2 fully saturated rings. The Hall–Kier alpha value is -3.05. The first-order valence-corrected chi connectivity index (χ1v) is 10.4. The van der Waals surface area contributed by atoms with Crippen molar-refractivity contribution in [2.75, 3.05) is 31.1 Å². The molecule has 2 aromatic heterocycles. The van der Waals surface area contributed by atoms with Gasteiger partial charge in [-0.15, -0.1) is 11.3 Å². The van der Waals surface area contributed by atoms with E-state index >= 15 is 0 Å². The van der Waals surface area contributed by atoms with Gasteiger partial charge in [-0.25, -0.2) is 24.1 Å². The number of nitrogens with one attached hydrogen (secondary N) is 1. The molecule has 0 radical (unpaired) electrons. The van der Waals surface area contributed by atoms with E-state index in [1.807, 2.05) is 4.90 Å². The van der Waals surface area contributed by atoms with Crippen molar-refractivity contribution in [3.8, 4) is 5.75 Å². The highest BCUT2D eigenvalue weighted by molar-refractivity contribution is 7.16. The first kappa shape index (κ1) is 18.9. The number of nitrogens with zero attached hydrogens (tertiary/aromatic N) is 5. The standard InChI is InChI=1S/C19H19FN6O3S/c20-12-1-15(17-16(2-12)30-10-23-17)29-14-7-26(8-14)19(28)24-13-5-25(6-13)18-21-3-11(9-27)4-22-18/h1-4,10,13-14,27H,5-9H2,(H,24,28). The minimum Gasteiger partial charge on any atom is -0.484 e. The predicted octanol–water partition coefficient (Wildman–Crippen LogP) is 1.38. The molecule has 1 aromatic carbocycles. The van der Waals surface area contributed by atoms with Crippen molar-refractivity contribution in [1.29, 1.82) is 0 Å². The molecule has 2 amide bonds. The number of halogens is 1. The van der Waals surface area contributed by atoms with Crippen LogP contribution in [-0.2, 0) is 6.61 Å². The molecule has 0 saturated carbocycles. The molecule has 4 heterocycles. The highest BCUT2D eigenvalue weighted by Gasteiger charge is 2.36. The average Bonchev–Trinajstić information content (AvgIpc) is 3.15. The zero-order valence-electron chi connectivity index (χ0n) is 15.9. The van der Waals surface area contributed by atoms with Gasteiger partial charge in [0.15, 0.2) is 0 Å². The maximum absolute atomic E-state index is 13.7. The van der Waals surface area contributed by atoms with E-state index in [-0.39, 0.29) is 30.6 Å². The number of likely N-dealkylation sites (tertiary alicyclic amines) is 1. The predicted molar refractivity (Wildman–Crippen MR) is 108 cm³/mol. The number of hydrogen-bond acceptors (Lipinski definition) is 8. The number of amides is 2. The summed E-state index contributed by atoms with van der Waals surface area (Å²) in [6.45, 7) is 2.05. The van der Waals surface area contributed by atoms with Crippen LogP contribution in [0.25, 0.3) is 10.2 Å². The van der Waals surface area contributed by atoms with Crippen LogP contribution >= 0.6 is 11.3 Å². The van der Waals surface area contributed by atoms with Gasteiger partial charge in [0.2, 0.25) is 5.95 Å². The minimum atomic E-state index is -0.361. The van der Waals surface area contributed by atoms with Gasteiger partial charge in [-0.1, -0.05) is 0 Å². The number of thiazole rings is 1. The smallest absolute Gasteiger partial charge is 0.317 e. The Morgan fingerprint density at radius 1 is 1.23 bits per heavy atom. The SMILES string of the molecule is O=C(NC1CN(c2ncc(CO)cn2)C1)N1CC(Oc2cc(F)cc3scnc23)C1. The van der Waals surface area contributed by atoms with Crippen LogP contribution in [0.4, 0.5) is 15.1 Å². The molecule has 11 heteroatoms. The lowest BCUT2D eigenvalue weighted by Gasteiger charge is -2.43. The third-order valence-corrected chi connectivity index (χ3v) is 5.94. The number of carbonyl (C=O) groups is 1. The summed E-state index contributed by atoms with van der Waals surface area (Å²) < 4.78 is 20.3. The van der Waals surface area contributed by atoms with Gasteiger partial charge in [0.1, 0.15) is 23.2 Å². The molecular formula is C19H19FN6O3S. The fraction of sp³-hybridized carbons (Fsp3) is 0.368. The lowest BCUT2D eigenvalue weighted by Crippen LogP contribution is -2.65. The summed E-state index contributed by atoms with van der Waals surface area (Å²) in [5, 5.41) is 12.0. The number of carbonyl (C=O) groups excluding carboxylic acids is 1. The Balaban J connectivity index is 1.09. The van der Waals surface area contributed by atoms with Crippen molar-refractivity contribution in [1.82, 2.24) is 25.2 Å². The fourth-order valence-electron chi connectivity index (χ4n) is 3.44. The van der Waals surface area contributed by atoms with Crippen molar-refractivity contribution in [2.24, 2.45) is 0 Å². The highest BCUT2D eigenvalue weighted by atomic mass is 32.1. The number of aliphatic hydroxyl groups excluding tert-OH is 1. The molecule has 30 heavy (non-hydrogen) atoms. The fourth-order valence-corrected chi connectivity index (χ4v) is 4.16. The monoisotopic (exact) mass is 430 g/mol. The quantitative estimate of drug-likeness (QED) is 0.630. The summed E-state index contributed by atoms with van der Waals surface area (Å²) in [4.78, 5) is 28.7. The zero-order valence-corrected chi connectivity index (χ0v) is 16.7. The molecule has 0 unspecified atom stereocenters. The number of benzene rings is 1. The summed E-state index contributed by atoms with van der Waals surface area (Å²) in [6.07, 6.45) is 3.00. The summed E-state index contributed by atoms with van der Waals surface area (Å²) in [7, 11) is 0. The van der Waals surface area contributed by atoms with Crippen LogP contribution in [-0.4, -0.2) is 69.3 Å². The Bertz CT molecular complexity index is 1070. The van der Waals surface area contributed by atoms with Crippen molar-refractivity contribution in [2.45, 2.75) is 18.8 Å². The molecule has 2 aliphatic heterocycles. The van der Waals surface area contributed by atoms with Gasteiger partial charge in [0.05, 0.1) is 35.9 Å². The molecule has 156 valence electrons. The Labute approximate surface area is 175 Å². The second-order valence-electron chi connectivity index (χ2n) is 7.35. The number of hydrogen-bond donors (Lipinski definition) is 2. The normalized spacial score (nSPS) is 17.0. The molecule has 0 atom stereocenters. The van der Waals surface area contributed by atoms with E-state index in [0.717, 1.165) is 4.70 Å². The lowest BCUT2D eigenvalue weighted by molar-refractivity contribution is 0.0438. The van der Waals surface area contributed by atoms with Crippen molar-refractivity contribution >= 4 is 33.5 Å². The molecule has 2 N–H and O–H groups in total. The summed E-state index contributed by atoms with van der Waals surface area (Å²) in [5.41, 5.74) is 2.96. The van der Waals surface area contributed by atoms with E-state index in [1.54, 1.807) is 22.8 Å². The number of aliphatic hydroxyl groups is 1. The number of fused-ring (bicyclic) bond motifs is 1. The largest absolute Gasteiger partial charge is 0.484 e. The van der Waals surface area contributed by atoms with Gasteiger partial charge in [0.25, 0.3) is 0 Å². The molecule has 3 aromatic rings. The van der Waals surface area contributed by atoms with E-state index in [4.69, 9.17) is 9.84 Å². The van der Waals surface area contributed by atoms with Crippen molar-refractivity contribution in [3.63, 3.8) is 0 Å². The number of ether oxygens (including phenoxy) is 1. The minimum absolute atomic E-state index is 0.0245. The molecule has 2 saturated heterocycles. The molecule has 0 spiro atoms. The first-order valence-electron chi connectivity index (χ1n) is 9.50. The van der Waals surface area contributed by atoms with Crippen LogP contribution in [0.15, 0.2) is 30.0 Å². The van der Waals surface area contributed by atoms with Crippen LogP contribution in [0.2, 0.25) is 0 Å². The summed E-state index contributed by atoms with van der Waals surface area (Å²) in [6, 6.07) is 2.66. The van der Waals surface area contributed by atoms with Gasteiger partial charge < -0.3 is 25.0 Å². The first-order chi connectivity index (χ1) is 14.6. The van der Waals surface area contributed by atoms with E-state index in [2.05, 4.69) is 20.3 Å². The van der Waals surface area contributed by atoms with Gasteiger partial charge in [-0.05, 0) is 6.07 Å². The second-order valence-corrected chi connectivity index (χ2v) is 8.24. The molecule has 2 aliphatic rings. The summed E-state index contributed by atoms with van der Waals surface area (Å²) in [5.74, 6) is 0.636. The molecular weight excluding hydrogens is 411 g/mol. The van der Waals surface area contributed by atoms with Crippen molar-refractivity contribution in [3.05, 3.63) is 41.4 Å². The van der Waals surface area contributed by atoms with Gasteiger partial charge in [-0.3, -0.25) is 0 Å². The Morgan fingerprint density at radius 3 is 2.73 bits per heavy atom. The number of anilines is 1. The van der Waals surface area contributed by atoms with Crippen LogP contribution in [0.3, 0.4) is 0 Å². The zero-order chi connectivity index (χ0) is 20.7. The van der Waals surface area contributed by atoms with Crippen LogP contribution in [0, 0.1) is 5.82 Å². The van der Waals surface area contributed by atoms with E-state index in [1.165, 1.54) is 23.5 Å². The molecule has 9 nitrogen and oxygen atoms in total. The van der Waals surface area contributed by atoms with E-state index < -0.39 is 0 Å². The van der Waals surface area contributed by atoms with Gasteiger partial charge in [-0.2, -0.15) is 0 Å². The van der Waals surface area contributed by atoms with Crippen molar-refractivity contribution < 1.29 is 19.0 Å². The van der Waals surface area contributed by atoms with Gasteiger partial charge >= 0.3 is 6.03 Å². The van der Waals surface area contributed by atoms with Gasteiger partial charge in [0, 0.05) is 37.1 Å². The average molecular weight is 430 g/mol. The van der Waals surface area contributed by atoms with E-state index in [9.17, 15) is 9.18 Å². The Morgan fingerprint density at radius 2 is 2.00 bits per heavy atom. The summed E-state index contributed by atoms with van der Waals surface area (Å²) >= 11 is 1.36. The number of urea groups is 1.